The second-order valence-corrected chi connectivity index (χ2v) is 8.66. The number of aryl methyl sites for hydroxylation is 2. The van der Waals surface area contributed by atoms with E-state index in [1.807, 2.05) is 6.20 Å². The number of nitrogens with zero attached hydrogens (tertiary/aromatic N) is 3. The van der Waals surface area contributed by atoms with Crippen LogP contribution in [-0.4, -0.2) is 52.7 Å². The number of urea groups is 1. The summed E-state index contributed by atoms with van der Waals surface area (Å²) in [7, 11) is 1.59. The minimum atomic E-state index is -0.278. The van der Waals surface area contributed by atoms with Gasteiger partial charge in [0.25, 0.3) is 0 Å². The van der Waals surface area contributed by atoms with Crippen LogP contribution >= 0.6 is 0 Å². The molecule has 3 atom stereocenters. The summed E-state index contributed by atoms with van der Waals surface area (Å²) in [5.74, 6) is 0.432. The van der Waals surface area contributed by atoms with Gasteiger partial charge in [-0.15, -0.1) is 0 Å². The van der Waals surface area contributed by atoms with Gasteiger partial charge in [-0.25, -0.2) is 20.7 Å². The molecule has 2 fully saturated rings. The molecule has 2 aromatic rings. The van der Waals surface area contributed by atoms with Gasteiger partial charge in [0.05, 0.1) is 19.2 Å². The lowest BCUT2D eigenvalue weighted by Crippen LogP contribution is -2.54. The molecule has 172 valence electrons. The van der Waals surface area contributed by atoms with Crippen molar-refractivity contribution in [3.63, 3.8) is 0 Å². The summed E-state index contributed by atoms with van der Waals surface area (Å²) in [6.07, 6.45) is 4.23. The molecule has 9 nitrogen and oxygen atoms in total. The van der Waals surface area contributed by atoms with E-state index in [0.717, 1.165) is 6.42 Å². The van der Waals surface area contributed by atoms with Crippen molar-refractivity contribution in [3.8, 4) is 5.75 Å². The number of amides is 3. The molecule has 0 radical (unpaired) electrons. The number of methoxy groups -OCH3 is 1. The van der Waals surface area contributed by atoms with Gasteiger partial charge in [-0.2, -0.15) is 0 Å². The SMILES string of the molecule is COc1ccc(NC(=O)CN2NC3C4CC(c5ccc(C)c(C)c5)NN4C=CN3C2=O)cc1. The highest BCUT2D eigenvalue weighted by Gasteiger charge is 2.48. The Bertz CT molecular complexity index is 1100. The van der Waals surface area contributed by atoms with Gasteiger partial charge in [-0.1, -0.05) is 18.2 Å². The highest BCUT2D eigenvalue weighted by atomic mass is 16.5. The second kappa shape index (κ2) is 8.42. The summed E-state index contributed by atoms with van der Waals surface area (Å²) in [4.78, 5) is 27.2. The van der Waals surface area contributed by atoms with Crippen LogP contribution in [0.15, 0.2) is 54.9 Å². The first-order valence-corrected chi connectivity index (χ1v) is 11.0. The van der Waals surface area contributed by atoms with Crippen LogP contribution in [0.1, 0.15) is 29.2 Å². The lowest BCUT2D eigenvalue weighted by Gasteiger charge is -2.34. The van der Waals surface area contributed by atoms with E-state index in [4.69, 9.17) is 4.74 Å². The number of hydrogen-bond acceptors (Lipinski definition) is 6. The molecule has 0 aliphatic carbocycles. The van der Waals surface area contributed by atoms with E-state index < -0.39 is 0 Å². The molecule has 3 aliphatic heterocycles. The van der Waals surface area contributed by atoms with Crippen LogP contribution in [0.2, 0.25) is 0 Å². The Kier molecular flexibility index (Phi) is 5.43. The smallest absolute Gasteiger partial charge is 0.340 e. The fraction of sp³-hybridized carbons (Fsp3) is 0.333. The van der Waals surface area contributed by atoms with Gasteiger partial charge in [-0.3, -0.25) is 9.69 Å². The summed E-state index contributed by atoms with van der Waals surface area (Å²) in [6, 6.07) is 13.5. The average molecular weight is 449 g/mol. The van der Waals surface area contributed by atoms with Gasteiger partial charge in [0.2, 0.25) is 5.91 Å². The number of fused-ring (bicyclic) bond motifs is 3. The maximum Gasteiger partial charge on any atom is 0.340 e. The van der Waals surface area contributed by atoms with Gasteiger partial charge in [0.15, 0.2) is 0 Å². The summed E-state index contributed by atoms with van der Waals surface area (Å²) in [5.41, 5.74) is 11.2. The zero-order valence-corrected chi connectivity index (χ0v) is 18.9. The molecule has 0 bridgehead atoms. The number of ether oxygens (including phenoxy) is 1. The zero-order valence-electron chi connectivity index (χ0n) is 18.9. The van der Waals surface area contributed by atoms with E-state index in [9.17, 15) is 9.59 Å². The summed E-state index contributed by atoms with van der Waals surface area (Å²) in [5, 5.41) is 6.25. The van der Waals surface area contributed by atoms with Gasteiger partial charge < -0.3 is 15.1 Å². The fourth-order valence-corrected chi connectivity index (χ4v) is 4.55. The molecule has 3 aliphatic rings. The quantitative estimate of drug-likeness (QED) is 0.652. The fourth-order valence-electron chi connectivity index (χ4n) is 4.55. The first kappa shape index (κ1) is 21.3. The van der Waals surface area contributed by atoms with Crippen molar-refractivity contribution in [2.75, 3.05) is 19.0 Å². The van der Waals surface area contributed by atoms with Crippen LogP contribution in [-0.2, 0) is 4.79 Å². The van der Waals surface area contributed by atoms with Crippen LogP contribution in [0.5, 0.6) is 5.75 Å². The second-order valence-electron chi connectivity index (χ2n) is 8.66. The van der Waals surface area contributed by atoms with Crippen LogP contribution in [0.25, 0.3) is 0 Å². The third-order valence-corrected chi connectivity index (χ3v) is 6.54. The number of hydrogen-bond donors (Lipinski definition) is 3. The molecule has 3 N–H and O–H groups in total. The predicted octanol–water partition coefficient (Wildman–Crippen LogP) is 2.62. The molecule has 3 heterocycles. The monoisotopic (exact) mass is 448 g/mol. The van der Waals surface area contributed by atoms with Crippen molar-refractivity contribution >= 4 is 17.6 Å². The summed E-state index contributed by atoms with van der Waals surface area (Å²) < 4.78 is 5.13. The first-order valence-electron chi connectivity index (χ1n) is 11.0. The van der Waals surface area contributed by atoms with E-state index in [-0.39, 0.29) is 36.7 Å². The van der Waals surface area contributed by atoms with Crippen molar-refractivity contribution < 1.29 is 14.3 Å². The molecule has 3 amide bonds. The lowest BCUT2D eigenvalue weighted by molar-refractivity contribution is -0.117. The van der Waals surface area contributed by atoms with Gasteiger partial charge in [0, 0.05) is 18.1 Å². The van der Waals surface area contributed by atoms with Gasteiger partial charge in [0.1, 0.15) is 18.5 Å². The number of carbonyl (C=O) groups excluding carboxylic acids is 2. The number of hydrazine groups is 2. The highest BCUT2D eigenvalue weighted by molar-refractivity contribution is 5.94. The van der Waals surface area contributed by atoms with Crippen LogP contribution in [0, 0.1) is 13.8 Å². The molecular weight excluding hydrogens is 420 g/mol. The van der Waals surface area contributed by atoms with E-state index in [0.29, 0.717) is 11.4 Å². The van der Waals surface area contributed by atoms with Crippen LogP contribution in [0.4, 0.5) is 10.5 Å². The van der Waals surface area contributed by atoms with Crippen molar-refractivity contribution in [1.29, 1.82) is 0 Å². The Labute approximate surface area is 192 Å². The number of carbonyl (C=O) groups is 2. The number of benzene rings is 2. The Morgan fingerprint density at radius 2 is 1.88 bits per heavy atom. The molecule has 0 spiro atoms. The molecular formula is C24H28N6O3. The molecule has 3 unspecified atom stereocenters. The summed E-state index contributed by atoms with van der Waals surface area (Å²) in [6.45, 7) is 4.14. The van der Waals surface area contributed by atoms with Crippen molar-refractivity contribution in [2.24, 2.45) is 0 Å². The van der Waals surface area contributed by atoms with E-state index >= 15 is 0 Å². The molecule has 33 heavy (non-hydrogen) atoms. The molecule has 2 saturated heterocycles. The van der Waals surface area contributed by atoms with E-state index in [2.05, 4.69) is 53.2 Å². The lowest BCUT2D eigenvalue weighted by atomic mass is 9.97. The van der Waals surface area contributed by atoms with Crippen LogP contribution < -0.4 is 20.9 Å². The normalized spacial score (nSPS) is 23.5. The number of anilines is 1. The number of nitrogens with one attached hydrogen (secondary N) is 3. The first-order chi connectivity index (χ1) is 15.9. The Hall–Kier alpha value is -3.56. The van der Waals surface area contributed by atoms with Gasteiger partial charge in [-0.05, 0) is 61.2 Å². The van der Waals surface area contributed by atoms with Crippen molar-refractivity contribution in [3.05, 3.63) is 71.6 Å². The van der Waals surface area contributed by atoms with Gasteiger partial charge >= 0.3 is 6.03 Å². The molecule has 5 rings (SSSR count). The van der Waals surface area contributed by atoms with E-state index in [1.54, 1.807) is 42.5 Å². The third-order valence-electron chi connectivity index (χ3n) is 6.54. The molecule has 0 saturated carbocycles. The Morgan fingerprint density at radius 1 is 1.09 bits per heavy atom. The molecule has 9 heteroatoms. The Morgan fingerprint density at radius 3 is 2.61 bits per heavy atom. The van der Waals surface area contributed by atoms with Crippen LogP contribution in [0.3, 0.4) is 0 Å². The molecule has 2 aromatic carbocycles. The Balaban J connectivity index is 1.24. The molecule has 0 aromatic heterocycles. The van der Waals surface area contributed by atoms with Crippen molar-refractivity contribution in [1.82, 2.24) is 25.8 Å². The summed E-state index contributed by atoms with van der Waals surface area (Å²) >= 11 is 0. The maximum atomic E-state index is 12.9. The maximum absolute atomic E-state index is 12.9. The third kappa shape index (κ3) is 4.01. The minimum Gasteiger partial charge on any atom is -0.497 e. The minimum absolute atomic E-state index is 0.0419. The van der Waals surface area contributed by atoms with E-state index in [1.165, 1.54) is 21.7 Å². The standard InChI is InChI=1S/C24H28N6O3/c1-15-4-5-17(12-16(15)2)20-13-21-23-27-30(24(32)28(23)10-11-29(21)26-20)14-22(31)25-18-6-8-19(33-3)9-7-18/h4-12,20-21,23,26-27H,13-14H2,1-3H3,(H,25,31). The average Bonchev–Trinajstić information content (AvgIpc) is 3.38. The topological polar surface area (TPSA) is 89.2 Å². The predicted molar refractivity (Wildman–Crippen MR) is 124 cm³/mol. The highest BCUT2D eigenvalue weighted by Crippen LogP contribution is 2.35. The largest absolute Gasteiger partial charge is 0.497 e. The zero-order chi connectivity index (χ0) is 23.1. The number of rotatable bonds is 5. The van der Waals surface area contributed by atoms with Crippen molar-refractivity contribution in [2.45, 2.75) is 38.5 Å².